The molecule has 3 aromatic rings. The second-order valence-corrected chi connectivity index (χ2v) is 7.78. The van der Waals surface area contributed by atoms with E-state index in [4.69, 9.17) is 4.74 Å². The quantitative estimate of drug-likeness (QED) is 0.639. The first-order valence-corrected chi connectivity index (χ1v) is 9.74. The van der Waals surface area contributed by atoms with Crippen molar-refractivity contribution >= 4 is 17.2 Å². The zero-order valence-corrected chi connectivity index (χ0v) is 17.3. The van der Waals surface area contributed by atoms with Crippen LogP contribution >= 0.6 is 11.3 Å². The standard InChI is InChI=1S/C21H25N3O2S/c1-14-7-6-8-15(2)20(14)26-12-17-9-19(27-13-17)21(25)23(4)11-18-10-22-24(5)16(18)3/h6-10,13H,11-12H2,1-5H3. The number of amides is 1. The summed E-state index contributed by atoms with van der Waals surface area (Å²) in [5.41, 5.74) is 5.38. The fourth-order valence-corrected chi connectivity index (χ4v) is 3.85. The van der Waals surface area contributed by atoms with Gasteiger partial charge >= 0.3 is 0 Å². The number of carbonyl (C=O) groups is 1. The molecule has 0 saturated carbocycles. The van der Waals surface area contributed by atoms with Crippen LogP contribution in [-0.2, 0) is 20.2 Å². The van der Waals surface area contributed by atoms with Crippen LogP contribution in [0.4, 0.5) is 0 Å². The van der Waals surface area contributed by atoms with Crippen molar-refractivity contribution in [3.8, 4) is 5.75 Å². The van der Waals surface area contributed by atoms with Crippen LogP contribution in [0.2, 0.25) is 0 Å². The lowest BCUT2D eigenvalue weighted by Crippen LogP contribution is -2.25. The molecule has 0 saturated heterocycles. The number of nitrogens with zero attached hydrogens (tertiary/aromatic N) is 3. The van der Waals surface area contributed by atoms with E-state index in [1.165, 1.54) is 11.3 Å². The van der Waals surface area contributed by atoms with Crippen molar-refractivity contribution in [2.24, 2.45) is 7.05 Å². The Bertz CT molecular complexity index is 938. The normalized spacial score (nSPS) is 10.9. The maximum Gasteiger partial charge on any atom is 0.263 e. The van der Waals surface area contributed by atoms with Crippen molar-refractivity contribution in [2.75, 3.05) is 7.05 Å². The number of ether oxygens (including phenoxy) is 1. The van der Waals surface area contributed by atoms with E-state index in [1.54, 1.807) is 4.90 Å². The first-order valence-electron chi connectivity index (χ1n) is 8.86. The lowest BCUT2D eigenvalue weighted by molar-refractivity contribution is 0.0789. The SMILES string of the molecule is Cc1cccc(C)c1OCc1csc(C(=O)N(C)Cc2cnn(C)c2C)c1. The minimum Gasteiger partial charge on any atom is -0.488 e. The molecule has 1 aromatic carbocycles. The number of aryl methyl sites for hydroxylation is 3. The summed E-state index contributed by atoms with van der Waals surface area (Å²) >= 11 is 1.46. The highest BCUT2D eigenvalue weighted by molar-refractivity contribution is 7.12. The average Bonchev–Trinajstić information content (AvgIpc) is 3.23. The van der Waals surface area contributed by atoms with E-state index in [0.717, 1.165) is 38.6 Å². The summed E-state index contributed by atoms with van der Waals surface area (Å²) in [5.74, 6) is 0.933. The van der Waals surface area contributed by atoms with E-state index in [-0.39, 0.29) is 5.91 Å². The number of para-hydroxylation sites is 1. The van der Waals surface area contributed by atoms with Crippen LogP contribution in [0, 0.1) is 20.8 Å². The molecule has 2 heterocycles. The second-order valence-electron chi connectivity index (χ2n) is 6.87. The third-order valence-corrected chi connectivity index (χ3v) is 5.71. The Morgan fingerprint density at radius 2 is 1.96 bits per heavy atom. The number of hydrogen-bond acceptors (Lipinski definition) is 4. The van der Waals surface area contributed by atoms with E-state index in [2.05, 4.69) is 5.10 Å². The van der Waals surface area contributed by atoms with Crippen LogP contribution in [0.5, 0.6) is 5.75 Å². The van der Waals surface area contributed by atoms with Crippen molar-refractivity contribution in [3.63, 3.8) is 0 Å². The Labute approximate surface area is 164 Å². The number of rotatable bonds is 6. The van der Waals surface area contributed by atoms with Crippen LogP contribution in [0.3, 0.4) is 0 Å². The van der Waals surface area contributed by atoms with Crippen LogP contribution in [0.25, 0.3) is 0 Å². The molecule has 0 unspecified atom stereocenters. The van der Waals surface area contributed by atoms with Gasteiger partial charge in [0.2, 0.25) is 0 Å². The third-order valence-electron chi connectivity index (χ3n) is 4.75. The van der Waals surface area contributed by atoms with Gasteiger partial charge in [-0.3, -0.25) is 9.48 Å². The number of thiophene rings is 1. The number of aromatic nitrogens is 2. The van der Waals surface area contributed by atoms with Gasteiger partial charge in [-0.1, -0.05) is 18.2 Å². The lowest BCUT2D eigenvalue weighted by Gasteiger charge is -2.16. The molecule has 1 amide bonds. The highest BCUT2D eigenvalue weighted by Gasteiger charge is 2.17. The average molecular weight is 384 g/mol. The Morgan fingerprint density at radius 1 is 1.26 bits per heavy atom. The molecule has 6 heteroatoms. The molecule has 0 radical (unpaired) electrons. The van der Waals surface area contributed by atoms with Gasteiger partial charge < -0.3 is 9.64 Å². The summed E-state index contributed by atoms with van der Waals surface area (Å²) in [6, 6.07) is 8.03. The first kappa shape index (κ1) is 19.2. The molecule has 0 atom stereocenters. The molecule has 3 rings (SSSR count). The number of carbonyl (C=O) groups excluding carboxylic acids is 1. The third kappa shape index (κ3) is 4.22. The molecule has 0 aliphatic heterocycles. The van der Waals surface area contributed by atoms with Gasteiger partial charge in [-0.25, -0.2) is 0 Å². The molecule has 0 bridgehead atoms. The van der Waals surface area contributed by atoms with E-state index >= 15 is 0 Å². The molecule has 0 aliphatic carbocycles. The van der Waals surface area contributed by atoms with E-state index < -0.39 is 0 Å². The molecule has 0 spiro atoms. The van der Waals surface area contributed by atoms with Gasteiger partial charge in [-0.2, -0.15) is 5.10 Å². The highest BCUT2D eigenvalue weighted by Crippen LogP contribution is 2.25. The van der Waals surface area contributed by atoms with Gasteiger partial charge in [-0.15, -0.1) is 11.3 Å². The minimum atomic E-state index is 0.0153. The van der Waals surface area contributed by atoms with Crippen LogP contribution in [0.15, 0.2) is 35.8 Å². The smallest absolute Gasteiger partial charge is 0.263 e. The van der Waals surface area contributed by atoms with Gasteiger partial charge in [0.1, 0.15) is 12.4 Å². The predicted molar refractivity (Wildman–Crippen MR) is 108 cm³/mol. The maximum absolute atomic E-state index is 12.7. The Hall–Kier alpha value is -2.60. The fourth-order valence-electron chi connectivity index (χ4n) is 2.96. The zero-order valence-electron chi connectivity index (χ0n) is 16.4. The Kier molecular flexibility index (Phi) is 5.65. The van der Waals surface area contributed by atoms with E-state index in [1.807, 2.05) is 75.4 Å². The van der Waals surface area contributed by atoms with Crippen molar-refractivity contribution < 1.29 is 9.53 Å². The molecule has 5 nitrogen and oxygen atoms in total. The van der Waals surface area contributed by atoms with Gasteiger partial charge in [0.05, 0.1) is 11.1 Å². The lowest BCUT2D eigenvalue weighted by atomic mass is 10.1. The molecular weight excluding hydrogens is 358 g/mol. The molecule has 27 heavy (non-hydrogen) atoms. The van der Waals surface area contributed by atoms with E-state index in [9.17, 15) is 4.79 Å². The van der Waals surface area contributed by atoms with Crippen LogP contribution in [0.1, 0.15) is 37.6 Å². The second kappa shape index (κ2) is 7.96. The topological polar surface area (TPSA) is 47.4 Å². The monoisotopic (exact) mass is 383 g/mol. The summed E-state index contributed by atoms with van der Waals surface area (Å²) in [6.45, 7) is 7.10. The fraction of sp³-hybridized carbons (Fsp3) is 0.333. The summed E-state index contributed by atoms with van der Waals surface area (Å²) < 4.78 is 7.81. The van der Waals surface area contributed by atoms with E-state index in [0.29, 0.717) is 13.2 Å². The molecule has 142 valence electrons. The highest BCUT2D eigenvalue weighted by atomic mass is 32.1. The molecule has 0 aliphatic rings. The maximum atomic E-state index is 12.7. The van der Waals surface area contributed by atoms with Crippen LogP contribution in [-0.4, -0.2) is 27.6 Å². The molecule has 2 aromatic heterocycles. The number of benzene rings is 1. The van der Waals surface area contributed by atoms with Gasteiger partial charge in [-0.05, 0) is 43.3 Å². The van der Waals surface area contributed by atoms with Gasteiger partial charge in [0.15, 0.2) is 0 Å². The largest absolute Gasteiger partial charge is 0.488 e. The Balaban J connectivity index is 1.64. The molecule has 0 N–H and O–H groups in total. The van der Waals surface area contributed by atoms with Crippen molar-refractivity contribution in [2.45, 2.75) is 33.9 Å². The van der Waals surface area contributed by atoms with Gasteiger partial charge in [0, 0.05) is 37.5 Å². The molecule has 0 fully saturated rings. The minimum absolute atomic E-state index is 0.0153. The van der Waals surface area contributed by atoms with Crippen molar-refractivity contribution in [1.29, 1.82) is 0 Å². The summed E-state index contributed by atoms with van der Waals surface area (Å²) in [5, 5.41) is 6.23. The van der Waals surface area contributed by atoms with Crippen LogP contribution < -0.4 is 4.74 Å². The van der Waals surface area contributed by atoms with Crippen molar-refractivity contribution in [3.05, 3.63) is 68.7 Å². The van der Waals surface area contributed by atoms with Crippen molar-refractivity contribution in [1.82, 2.24) is 14.7 Å². The summed E-state index contributed by atoms with van der Waals surface area (Å²) in [6.07, 6.45) is 1.82. The zero-order chi connectivity index (χ0) is 19.6. The Morgan fingerprint density at radius 3 is 2.59 bits per heavy atom. The summed E-state index contributed by atoms with van der Waals surface area (Å²) in [4.78, 5) is 15.2. The summed E-state index contributed by atoms with van der Waals surface area (Å²) in [7, 11) is 3.73. The number of hydrogen-bond donors (Lipinski definition) is 0. The first-order chi connectivity index (χ1) is 12.9. The molecular formula is C21H25N3O2S. The predicted octanol–water partition coefficient (Wildman–Crippen LogP) is 4.26. The van der Waals surface area contributed by atoms with Gasteiger partial charge in [0.25, 0.3) is 5.91 Å².